The highest BCUT2D eigenvalue weighted by atomic mass is 28.3. The van der Waals surface area contributed by atoms with Gasteiger partial charge in [-0.2, -0.15) is 0 Å². The predicted octanol–water partition coefficient (Wildman–Crippen LogP) is 4.30. The van der Waals surface area contributed by atoms with Crippen molar-refractivity contribution in [3.8, 4) is 17.2 Å². The molecular formula is C18H27NO3Si. The highest BCUT2D eigenvalue weighted by Crippen LogP contribution is 2.29. The molecule has 0 N–H and O–H groups in total. The van der Waals surface area contributed by atoms with Gasteiger partial charge in [0.15, 0.2) is 0 Å². The van der Waals surface area contributed by atoms with E-state index in [2.05, 4.69) is 31.1 Å². The van der Waals surface area contributed by atoms with E-state index < -0.39 is 19.8 Å². The van der Waals surface area contributed by atoms with Gasteiger partial charge >= 0.3 is 6.09 Å². The Morgan fingerprint density at radius 3 is 2.30 bits per heavy atom. The average molecular weight is 334 g/mol. The number of hydrogen-bond donors (Lipinski definition) is 0. The molecule has 126 valence electrons. The maximum absolute atomic E-state index is 12.3. The summed E-state index contributed by atoms with van der Waals surface area (Å²) in [5.41, 5.74) is 4.28. The molecule has 0 atom stereocenters. The van der Waals surface area contributed by atoms with Crippen molar-refractivity contribution >= 4 is 19.9 Å². The molecular weight excluding hydrogens is 306 g/mol. The lowest BCUT2D eigenvalue weighted by molar-refractivity contribution is 0.0588. The predicted molar refractivity (Wildman–Crippen MR) is 97.9 cm³/mol. The Kier molecular flexibility index (Phi) is 5.90. The van der Waals surface area contributed by atoms with Gasteiger partial charge in [0.05, 0.1) is 12.8 Å². The van der Waals surface area contributed by atoms with Crippen LogP contribution in [-0.4, -0.2) is 33.9 Å². The molecule has 0 spiro atoms. The number of carbonyl (C=O) groups excluding carboxylic acids is 1. The Balaban J connectivity index is 3.17. The number of anilines is 1. The lowest BCUT2D eigenvalue weighted by atomic mass is 10.2. The Morgan fingerprint density at radius 2 is 1.83 bits per heavy atom. The minimum atomic E-state index is -1.46. The first kappa shape index (κ1) is 19.1. The topological polar surface area (TPSA) is 38.8 Å². The fraction of sp³-hybridized carbons (Fsp3) is 0.500. The summed E-state index contributed by atoms with van der Waals surface area (Å²) in [6, 6.07) is 5.58. The second-order valence-corrected chi connectivity index (χ2v) is 12.2. The molecule has 23 heavy (non-hydrogen) atoms. The number of hydrogen-bond acceptors (Lipinski definition) is 3. The molecule has 1 amide bonds. The van der Waals surface area contributed by atoms with Gasteiger partial charge in [-0.25, -0.2) is 4.79 Å². The third-order valence-electron chi connectivity index (χ3n) is 2.79. The van der Waals surface area contributed by atoms with Crippen molar-refractivity contribution in [2.24, 2.45) is 0 Å². The van der Waals surface area contributed by atoms with Gasteiger partial charge < -0.3 is 9.47 Å². The van der Waals surface area contributed by atoms with Gasteiger partial charge in [-0.05, 0) is 39.0 Å². The van der Waals surface area contributed by atoms with Crippen LogP contribution in [0.1, 0.15) is 26.3 Å². The largest absolute Gasteiger partial charge is 0.495 e. The normalized spacial score (nSPS) is 11.3. The van der Waals surface area contributed by atoms with Crippen LogP contribution < -0.4 is 9.64 Å². The molecule has 0 aromatic heterocycles. The minimum Gasteiger partial charge on any atom is -0.495 e. The lowest BCUT2D eigenvalue weighted by Crippen LogP contribution is -2.34. The highest BCUT2D eigenvalue weighted by molar-refractivity contribution is 6.83. The maximum Gasteiger partial charge on any atom is 0.414 e. The van der Waals surface area contributed by atoms with E-state index in [1.807, 2.05) is 39.0 Å². The molecule has 1 aromatic rings. The number of ether oxygens (including phenoxy) is 2. The first-order chi connectivity index (χ1) is 10.4. The molecule has 0 saturated heterocycles. The van der Waals surface area contributed by atoms with E-state index in [1.54, 1.807) is 14.2 Å². The van der Waals surface area contributed by atoms with Crippen molar-refractivity contribution in [2.75, 3.05) is 19.1 Å². The number of carbonyl (C=O) groups is 1. The van der Waals surface area contributed by atoms with E-state index in [-0.39, 0.29) is 0 Å². The zero-order valence-electron chi connectivity index (χ0n) is 15.4. The first-order valence-electron chi connectivity index (χ1n) is 7.61. The van der Waals surface area contributed by atoms with Crippen LogP contribution in [0.15, 0.2) is 18.2 Å². The molecule has 0 unspecified atom stereocenters. The van der Waals surface area contributed by atoms with E-state index in [9.17, 15) is 4.79 Å². The van der Waals surface area contributed by atoms with Gasteiger partial charge in [-0.3, -0.25) is 4.90 Å². The van der Waals surface area contributed by atoms with Crippen molar-refractivity contribution < 1.29 is 14.3 Å². The second kappa shape index (κ2) is 7.09. The summed E-state index contributed by atoms with van der Waals surface area (Å²) in [6.45, 7) is 12.1. The first-order valence-corrected chi connectivity index (χ1v) is 11.1. The van der Waals surface area contributed by atoms with Gasteiger partial charge in [-0.15, -0.1) is 5.54 Å². The number of rotatable bonds is 2. The summed E-state index contributed by atoms with van der Waals surface area (Å²) in [7, 11) is 1.79. The monoisotopic (exact) mass is 333 g/mol. The molecule has 0 bridgehead atoms. The van der Waals surface area contributed by atoms with E-state index in [4.69, 9.17) is 9.47 Å². The summed E-state index contributed by atoms with van der Waals surface area (Å²) in [5, 5.41) is 0. The van der Waals surface area contributed by atoms with E-state index >= 15 is 0 Å². The van der Waals surface area contributed by atoms with Crippen LogP contribution in [0.2, 0.25) is 19.6 Å². The van der Waals surface area contributed by atoms with Crippen LogP contribution in [0.4, 0.5) is 10.5 Å². The number of methoxy groups -OCH3 is 1. The summed E-state index contributed by atoms with van der Waals surface area (Å²) >= 11 is 0. The summed E-state index contributed by atoms with van der Waals surface area (Å²) in [5.74, 6) is 3.80. The molecule has 0 aliphatic heterocycles. The van der Waals surface area contributed by atoms with Crippen LogP contribution in [0.25, 0.3) is 0 Å². The number of amides is 1. The molecule has 5 heteroatoms. The zero-order valence-corrected chi connectivity index (χ0v) is 16.4. The molecule has 0 saturated carbocycles. The van der Waals surface area contributed by atoms with Crippen LogP contribution in [0.5, 0.6) is 5.75 Å². The summed E-state index contributed by atoms with van der Waals surface area (Å²) in [4.78, 5) is 13.7. The standard InChI is InChI=1S/C18H27NO3Si/c1-18(2,3)22-17(20)19(4)15-13-14(9-10-16(15)21-5)11-12-23(6,7)8/h9-10,13H,1-8H3. The molecule has 0 fully saturated rings. The molecule has 0 aliphatic rings. The fourth-order valence-corrected chi connectivity index (χ4v) is 2.24. The smallest absolute Gasteiger partial charge is 0.414 e. The Morgan fingerprint density at radius 1 is 1.22 bits per heavy atom. The van der Waals surface area contributed by atoms with E-state index in [1.165, 1.54) is 4.90 Å². The number of benzene rings is 1. The quantitative estimate of drug-likeness (QED) is 0.598. The zero-order chi connectivity index (χ0) is 17.8. The van der Waals surface area contributed by atoms with E-state index in [0.29, 0.717) is 11.4 Å². The Hall–Kier alpha value is -1.93. The molecule has 4 nitrogen and oxygen atoms in total. The van der Waals surface area contributed by atoms with Gasteiger partial charge in [0.2, 0.25) is 0 Å². The van der Waals surface area contributed by atoms with Crippen molar-refractivity contribution in [3.05, 3.63) is 23.8 Å². The van der Waals surface area contributed by atoms with Gasteiger partial charge in [-0.1, -0.05) is 25.6 Å². The van der Waals surface area contributed by atoms with Crippen molar-refractivity contribution in [2.45, 2.75) is 46.0 Å². The van der Waals surface area contributed by atoms with Crippen LogP contribution >= 0.6 is 0 Å². The van der Waals surface area contributed by atoms with Crippen molar-refractivity contribution in [3.63, 3.8) is 0 Å². The van der Waals surface area contributed by atoms with Gasteiger partial charge in [0.1, 0.15) is 19.4 Å². The SMILES string of the molecule is COc1ccc(C#C[Si](C)(C)C)cc1N(C)C(=O)OC(C)(C)C. The average Bonchev–Trinajstić information content (AvgIpc) is 2.41. The number of nitrogens with zero attached hydrogens (tertiary/aromatic N) is 1. The summed E-state index contributed by atoms with van der Waals surface area (Å²) in [6.07, 6.45) is -0.425. The second-order valence-electron chi connectivity index (χ2n) is 7.43. The lowest BCUT2D eigenvalue weighted by Gasteiger charge is -2.25. The Bertz CT molecular complexity index is 630. The van der Waals surface area contributed by atoms with Crippen LogP contribution in [-0.2, 0) is 4.74 Å². The molecule has 1 rings (SSSR count). The summed E-state index contributed by atoms with van der Waals surface area (Å²) < 4.78 is 10.8. The van der Waals surface area contributed by atoms with Crippen LogP contribution in [0.3, 0.4) is 0 Å². The third-order valence-corrected chi connectivity index (χ3v) is 3.66. The van der Waals surface area contributed by atoms with Crippen molar-refractivity contribution in [1.29, 1.82) is 0 Å². The molecule has 0 radical (unpaired) electrons. The third kappa shape index (κ3) is 6.37. The maximum atomic E-state index is 12.3. The highest BCUT2D eigenvalue weighted by Gasteiger charge is 2.22. The van der Waals surface area contributed by atoms with Gasteiger partial charge in [0.25, 0.3) is 0 Å². The van der Waals surface area contributed by atoms with Gasteiger partial charge in [0, 0.05) is 12.6 Å². The van der Waals surface area contributed by atoms with Crippen LogP contribution in [0, 0.1) is 11.5 Å². The fourth-order valence-electron chi connectivity index (χ4n) is 1.72. The van der Waals surface area contributed by atoms with Crippen molar-refractivity contribution in [1.82, 2.24) is 0 Å². The molecule has 1 aromatic carbocycles. The molecule has 0 heterocycles. The van der Waals surface area contributed by atoms with E-state index in [0.717, 1.165) is 5.56 Å². The Labute approximate surface area is 140 Å². The molecule has 0 aliphatic carbocycles. The minimum absolute atomic E-state index is 0.425.